The van der Waals surface area contributed by atoms with Gasteiger partial charge in [-0.1, -0.05) is 0 Å². The molecule has 5 N–H and O–H groups in total. The van der Waals surface area contributed by atoms with Gasteiger partial charge in [0.25, 0.3) is 16.0 Å². The minimum absolute atomic E-state index is 0.236. The third kappa shape index (κ3) is 5.40. The standard InChI is InChI=1S/C17H14N4O5S/c18-9-12(10-20-13-3-1-11(2-4-13)16(19)22)17(23)21-14-5-7-15(8-6-14)27(24,25)26/h1-8,10,20H,(H2,19,22)(H,21,23)(H,24,25,26)/b12-10-. The van der Waals surface area contributed by atoms with Crippen molar-refractivity contribution in [1.82, 2.24) is 0 Å². The smallest absolute Gasteiger partial charge is 0.294 e. The van der Waals surface area contributed by atoms with Crippen LogP contribution in [0.4, 0.5) is 11.4 Å². The van der Waals surface area contributed by atoms with Crippen molar-refractivity contribution in [2.45, 2.75) is 4.90 Å². The van der Waals surface area contributed by atoms with Crippen LogP contribution in [0.2, 0.25) is 0 Å². The SMILES string of the molecule is N#C/C(=C/Nc1ccc(C(N)=O)cc1)C(=O)Nc1ccc(S(=O)(=O)O)cc1. The maximum Gasteiger partial charge on any atom is 0.294 e. The molecular weight excluding hydrogens is 372 g/mol. The number of carbonyl (C=O) groups excluding carboxylic acids is 2. The molecule has 0 aliphatic carbocycles. The summed E-state index contributed by atoms with van der Waals surface area (Å²) in [7, 11) is -4.33. The Hall–Kier alpha value is -3.68. The van der Waals surface area contributed by atoms with Crippen LogP contribution in [0, 0.1) is 11.3 Å². The van der Waals surface area contributed by atoms with E-state index in [4.69, 9.17) is 15.5 Å². The second-order valence-corrected chi connectivity index (χ2v) is 6.63. The Bertz CT molecular complexity index is 1040. The third-order valence-electron chi connectivity index (χ3n) is 3.33. The van der Waals surface area contributed by atoms with Gasteiger partial charge in [0.2, 0.25) is 5.91 Å². The summed E-state index contributed by atoms with van der Waals surface area (Å²) in [5, 5.41) is 14.3. The lowest BCUT2D eigenvalue weighted by Crippen LogP contribution is -2.14. The van der Waals surface area contributed by atoms with Crippen LogP contribution in [-0.4, -0.2) is 24.8 Å². The lowest BCUT2D eigenvalue weighted by molar-refractivity contribution is -0.112. The fourth-order valence-corrected chi connectivity index (χ4v) is 2.42. The quantitative estimate of drug-likeness (QED) is 0.332. The number of primary amides is 1. The lowest BCUT2D eigenvalue weighted by Gasteiger charge is -2.06. The normalized spacial score (nSPS) is 11.3. The van der Waals surface area contributed by atoms with Gasteiger partial charge >= 0.3 is 0 Å². The van der Waals surface area contributed by atoms with Gasteiger partial charge < -0.3 is 16.4 Å². The largest absolute Gasteiger partial charge is 0.366 e. The van der Waals surface area contributed by atoms with Crippen LogP contribution in [0.25, 0.3) is 0 Å². The predicted molar refractivity (Wildman–Crippen MR) is 97.2 cm³/mol. The molecule has 9 nitrogen and oxygen atoms in total. The molecule has 2 aromatic carbocycles. The highest BCUT2D eigenvalue weighted by Gasteiger charge is 2.12. The van der Waals surface area contributed by atoms with Crippen LogP contribution in [0.3, 0.4) is 0 Å². The van der Waals surface area contributed by atoms with Crippen molar-refractivity contribution in [3.63, 3.8) is 0 Å². The highest BCUT2D eigenvalue weighted by atomic mass is 32.2. The molecule has 0 heterocycles. The van der Waals surface area contributed by atoms with Crippen molar-refractivity contribution in [2.75, 3.05) is 10.6 Å². The Labute approximate surface area is 154 Å². The molecule has 10 heteroatoms. The van der Waals surface area contributed by atoms with Gasteiger partial charge in [0, 0.05) is 23.1 Å². The Morgan fingerprint density at radius 3 is 2.07 bits per heavy atom. The summed E-state index contributed by atoms with van der Waals surface area (Å²) >= 11 is 0. The highest BCUT2D eigenvalue weighted by Crippen LogP contribution is 2.15. The maximum absolute atomic E-state index is 12.1. The molecule has 2 amide bonds. The molecule has 0 spiro atoms. The molecule has 0 aliphatic rings. The van der Waals surface area contributed by atoms with Crippen molar-refractivity contribution >= 4 is 33.3 Å². The third-order valence-corrected chi connectivity index (χ3v) is 4.20. The molecule has 0 saturated heterocycles. The highest BCUT2D eigenvalue weighted by molar-refractivity contribution is 7.85. The van der Waals surface area contributed by atoms with Crippen LogP contribution in [0.1, 0.15) is 10.4 Å². The van der Waals surface area contributed by atoms with Gasteiger partial charge in [0.05, 0.1) is 4.90 Å². The molecule has 0 unspecified atom stereocenters. The van der Waals surface area contributed by atoms with Gasteiger partial charge in [-0.3, -0.25) is 14.1 Å². The zero-order valence-electron chi connectivity index (χ0n) is 13.7. The molecular formula is C17H14N4O5S. The van der Waals surface area contributed by atoms with E-state index in [1.54, 1.807) is 18.2 Å². The molecule has 0 aromatic heterocycles. The molecule has 0 aliphatic heterocycles. The van der Waals surface area contributed by atoms with E-state index in [-0.39, 0.29) is 16.2 Å². The van der Waals surface area contributed by atoms with Crippen molar-refractivity contribution in [3.05, 3.63) is 65.9 Å². The molecule has 138 valence electrons. The average molecular weight is 386 g/mol. The van der Waals surface area contributed by atoms with Crippen LogP contribution in [0.5, 0.6) is 0 Å². The lowest BCUT2D eigenvalue weighted by atomic mass is 10.2. The van der Waals surface area contributed by atoms with Crippen LogP contribution in [-0.2, 0) is 14.9 Å². The van der Waals surface area contributed by atoms with Crippen LogP contribution < -0.4 is 16.4 Å². The Kier molecular flexibility index (Phi) is 5.92. The van der Waals surface area contributed by atoms with Gasteiger partial charge in [0.1, 0.15) is 11.6 Å². The monoisotopic (exact) mass is 386 g/mol. The van der Waals surface area contributed by atoms with E-state index < -0.39 is 21.9 Å². The fourth-order valence-electron chi connectivity index (χ4n) is 1.94. The fraction of sp³-hybridized carbons (Fsp3) is 0. The first-order chi connectivity index (χ1) is 12.7. The number of anilines is 2. The zero-order chi connectivity index (χ0) is 20.0. The summed E-state index contributed by atoms with van der Waals surface area (Å²) in [4.78, 5) is 22.8. The molecule has 2 aromatic rings. The summed E-state index contributed by atoms with van der Waals surface area (Å²) in [5.74, 6) is -1.30. The van der Waals surface area contributed by atoms with Crippen molar-refractivity contribution < 1.29 is 22.6 Å². The number of carbonyl (C=O) groups is 2. The maximum atomic E-state index is 12.1. The first kappa shape index (κ1) is 19.6. The number of amides is 2. The molecule has 0 radical (unpaired) electrons. The Morgan fingerprint density at radius 1 is 1.04 bits per heavy atom. The Balaban J connectivity index is 2.07. The van der Waals surface area contributed by atoms with E-state index in [9.17, 15) is 18.0 Å². The second-order valence-electron chi connectivity index (χ2n) is 5.21. The van der Waals surface area contributed by atoms with Gasteiger partial charge in [-0.25, -0.2) is 0 Å². The van der Waals surface area contributed by atoms with Crippen molar-refractivity contribution in [3.8, 4) is 6.07 Å². The number of nitrogens with two attached hydrogens (primary N) is 1. The number of nitrogens with one attached hydrogen (secondary N) is 2. The number of benzene rings is 2. The molecule has 27 heavy (non-hydrogen) atoms. The summed E-state index contributed by atoms with van der Waals surface area (Å²) in [6, 6.07) is 12.6. The van der Waals surface area contributed by atoms with Gasteiger partial charge in [-0.15, -0.1) is 0 Å². The number of hydrogen-bond donors (Lipinski definition) is 4. The zero-order valence-corrected chi connectivity index (χ0v) is 14.5. The first-order valence-corrected chi connectivity index (χ1v) is 8.80. The van der Waals surface area contributed by atoms with E-state index >= 15 is 0 Å². The predicted octanol–water partition coefficient (Wildman–Crippen LogP) is 1.49. The van der Waals surface area contributed by atoms with Crippen molar-refractivity contribution in [1.29, 1.82) is 5.26 Å². The second kappa shape index (κ2) is 8.13. The average Bonchev–Trinajstić information content (AvgIpc) is 2.62. The van der Waals surface area contributed by atoms with E-state index in [0.717, 1.165) is 12.1 Å². The summed E-state index contributed by atoms with van der Waals surface area (Å²) in [6.45, 7) is 0. The van der Waals surface area contributed by atoms with E-state index in [0.29, 0.717) is 11.3 Å². The molecule has 2 rings (SSSR count). The van der Waals surface area contributed by atoms with Gasteiger partial charge in [-0.2, -0.15) is 13.7 Å². The summed E-state index contributed by atoms with van der Waals surface area (Å²) in [6.07, 6.45) is 1.18. The topological polar surface area (TPSA) is 162 Å². The molecule has 0 fully saturated rings. The number of nitriles is 1. The molecule has 0 saturated carbocycles. The number of nitrogens with zero attached hydrogens (tertiary/aromatic N) is 1. The Morgan fingerprint density at radius 2 is 1.59 bits per heavy atom. The van der Waals surface area contributed by atoms with Crippen molar-refractivity contribution in [2.24, 2.45) is 5.73 Å². The number of hydrogen-bond acceptors (Lipinski definition) is 6. The minimum Gasteiger partial charge on any atom is -0.366 e. The first-order valence-electron chi connectivity index (χ1n) is 7.36. The number of rotatable bonds is 6. The van der Waals surface area contributed by atoms with E-state index in [2.05, 4.69) is 10.6 Å². The van der Waals surface area contributed by atoms with Crippen LogP contribution in [0.15, 0.2) is 65.2 Å². The molecule has 0 atom stereocenters. The summed E-state index contributed by atoms with van der Waals surface area (Å²) in [5.41, 5.74) is 5.97. The van der Waals surface area contributed by atoms with E-state index in [1.165, 1.54) is 30.5 Å². The summed E-state index contributed by atoms with van der Waals surface area (Å²) < 4.78 is 30.9. The van der Waals surface area contributed by atoms with Gasteiger partial charge in [-0.05, 0) is 48.5 Å². The molecule has 0 bridgehead atoms. The van der Waals surface area contributed by atoms with Gasteiger partial charge in [0.15, 0.2) is 0 Å². The van der Waals surface area contributed by atoms with Crippen LogP contribution >= 0.6 is 0 Å². The van der Waals surface area contributed by atoms with E-state index in [1.807, 2.05) is 0 Å². The minimum atomic E-state index is -4.33.